The molecule has 4 aliphatic rings. The van der Waals surface area contributed by atoms with Crippen molar-refractivity contribution in [1.29, 1.82) is 0 Å². The topological polar surface area (TPSA) is 49.9 Å². The molecule has 2 heterocycles. The molecule has 2 spiro atoms. The number of carbonyl (C=O) groups excluding carboxylic acids is 2. The molecule has 0 N–H and O–H groups in total. The molecule has 0 unspecified atom stereocenters. The van der Waals surface area contributed by atoms with E-state index in [9.17, 15) is 40.3 Å². The van der Waals surface area contributed by atoms with Crippen LogP contribution < -0.4 is 0 Å². The Morgan fingerprint density at radius 2 is 1.03 bits per heavy atom. The van der Waals surface area contributed by atoms with Crippen molar-refractivity contribution >= 4 is 12.0 Å². The fraction of sp³-hybridized carbons (Fsp3) is 0.913. The van der Waals surface area contributed by atoms with Crippen molar-refractivity contribution in [3.63, 3.8) is 0 Å². The summed E-state index contributed by atoms with van der Waals surface area (Å²) in [4.78, 5) is 25.1. The number of carbonyl (C=O) groups is 2. The van der Waals surface area contributed by atoms with Crippen molar-refractivity contribution in [2.75, 3.05) is 26.2 Å². The van der Waals surface area contributed by atoms with E-state index in [1.165, 1.54) is 0 Å². The van der Waals surface area contributed by atoms with Crippen LogP contribution in [0.5, 0.6) is 0 Å². The lowest BCUT2D eigenvalue weighted by molar-refractivity contribution is -0.199. The summed E-state index contributed by atoms with van der Waals surface area (Å²) in [7, 11) is 0. The third-order valence-corrected chi connectivity index (χ3v) is 7.36. The molecule has 4 fully saturated rings. The molecule has 2 amide bonds. The molecule has 0 atom stereocenters. The predicted octanol–water partition coefficient (Wildman–Crippen LogP) is 6.02. The number of likely N-dealkylation sites (tertiary alicyclic amines) is 2. The molecule has 2 saturated carbocycles. The lowest BCUT2D eigenvalue weighted by Gasteiger charge is -2.51. The molecule has 202 valence electrons. The smallest absolute Gasteiger partial charge is 0.444 e. The minimum Gasteiger partial charge on any atom is -0.444 e. The van der Waals surface area contributed by atoms with Gasteiger partial charge in [-0.25, -0.2) is 22.4 Å². The standard InChI is InChI=1S/C13H21F2NO2.C10H12F5NO/c1-11(2,3)18-10(17)16-6-4-12(5-7-16)8-13(14,15)9-12;11-9(12)5-8(6-9)1-3-16(4-2-8)7(17)10(13,14)15/h4-9H2,1-3H3;1-6H2. The van der Waals surface area contributed by atoms with Gasteiger partial charge in [-0.15, -0.1) is 0 Å². The van der Waals surface area contributed by atoms with Crippen LogP contribution in [0.15, 0.2) is 0 Å². The second-order valence-electron chi connectivity index (χ2n) is 11.7. The van der Waals surface area contributed by atoms with Crippen LogP contribution in [0.25, 0.3) is 0 Å². The average molecular weight is 519 g/mol. The van der Waals surface area contributed by atoms with Gasteiger partial charge in [0.05, 0.1) is 0 Å². The highest BCUT2D eigenvalue weighted by Crippen LogP contribution is 2.58. The van der Waals surface area contributed by atoms with E-state index in [0.29, 0.717) is 30.8 Å². The Morgan fingerprint density at radius 1 is 0.686 bits per heavy atom. The Balaban J connectivity index is 0.000000196. The number of amides is 2. The zero-order valence-corrected chi connectivity index (χ0v) is 20.3. The van der Waals surface area contributed by atoms with E-state index in [4.69, 9.17) is 4.74 Å². The molecule has 4 rings (SSSR count). The van der Waals surface area contributed by atoms with E-state index in [0.717, 1.165) is 0 Å². The van der Waals surface area contributed by atoms with Gasteiger partial charge >= 0.3 is 18.2 Å². The van der Waals surface area contributed by atoms with Crippen LogP contribution in [-0.2, 0) is 9.53 Å². The van der Waals surface area contributed by atoms with Gasteiger partial charge in [-0.2, -0.15) is 13.2 Å². The van der Waals surface area contributed by atoms with Gasteiger partial charge in [0.1, 0.15) is 5.60 Å². The minimum atomic E-state index is -4.87. The summed E-state index contributed by atoms with van der Waals surface area (Å²) in [5, 5.41) is 0. The molecule has 0 radical (unpaired) electrons. The number of alkyl halides is 7. The molecule has 2 aliphatic carbocycles. The van der Waals surface area contributed by atoms with Crippen LogP contribution in [-0.4, -0.2) is 71.6 Å². The average Bonchev–Trinajstić information content (AvgIpc) is 2.64. The highest BCUT2D eigenvalue weighted by molar-refractivity contribution is 5.81. The minimum absolute atomic E-state index is 0.0117. The van der Waals surface area contributed by atoms with Crippen molar-refractivity contribution in [2.24, 2.45) is 10.8 Å². The van der Waals surface area contributed by atoms with Gasteiger partial charge in [-0.05, 0) is 57.3 Å². The molecule has 0 bridgehead atoms. The third-order valence-electron chi connectivity index (χ3n) is 7.36. The lowest BCUT2D eigenvalue weighted by atomic mass is 9.61. The first-order valence-corrected chi connectivity index (χ1v) is 11.8. The number of hydrogen-bond acceptors (Lipinski definition) is 3. The molecule has 0 aromatic carbocycles. The van der Waals surface area contributed by atoms with Crippen molar-refractivity contribution in [2.45, 2.75) is 95.8 Å². The molecule has 12 heteroatoms. The van der Waals surface area contributed by atoms with Crippen molar-refractivity contribution in [3.8, 4) is 0 Å². The van der Waals surface area contributed by atoms with Crippen LogP contribution >= 0.6 is 0 Å². The number of nitrogens with zero attached hydrogens (tertiary/aromatic N) is 2. The second-order valence-corrected chi connectivity index (χ2v) is 11.7. The summed E-state index contributed by atoms with van der Waals surface area (Å²) in [5.74, 6) is -7.01. The maximum atomic E-state index is 12.9. The zero-order valence-electron chi connectivity index (χ0n) is 20.3. The highest BCUT2D eigenvalue weighted by Gasteiger charge is 2.58. The van der Waals surface area contributed by atoms with Crippen molar-refractivity contribution < 1.29 is 45.1 Å². The zero-order chi connectivity index (χ0) is 26.5. The van der Waals surface area contributed by atoms with E-state index in [2.05, 4.69) is 0 Å². The molecule has 35 heavy (non-hydrogen) atoms. The summed E-state index contributed by atoms with van der Waals surface area (Å²) in [6, 6.07) is 0. The molecule has 0 aromatic heterocycles. The Labute approximate surface area is 200 Å². The first-order valence-electron chi connectivity index (χ1n) is 11.8. The summed E-state index contributed by atoms with van der Waals surface area (Å²) < 4.78 is 93.1. The molecule has 0 aromatic rings. The van der Waals surface area contributed by atoms with Gasteiger partial charge in [0.2, 0.25) is 11.8 Å². The van der Waals surface area contributed by atoms with Crippen molar-refractivity contribution in [1.82, 2.24) is 9.80 Å². The van der Waals surface area contributed by atoms with Gasteiger partial charge in [-0.3, -0.25) is 4.79 Å². The first kappa shape index (κ1) is 27.8. The number of hydrogen-bond donors (Lipinski definition) is 0. The lowest BCUT2D eigenvalue weighted by Crippen LogP contribution is -2.54. The van der Waals surface area contributed by atoms with Gasteiger partial charge < -0.3 is 14.5 Å². The van der Waals surface area contributed by atoms with Crippen LogP contribution in [0.4, 0.5) is 35.5 Å². The largest absolute Gasteiger partial charge is 0.471 e. The Bertz CT molecular complexity index is 787. The van der Waals surface area contributed by atoms with Crippen LogP contribution in [0.2, 0.25) is 0 Å². The number of halogens is 7. The molecule has 2 saturated heterocycles. The predicted molar refractivity (Wildman–Crippen MR) is 112 cm³/mol. The fourth-order valence-electron chi connectivity index (χ4n) is 5.65. The van der Waals surface area contributed by atoms with E-state index in [1.54, 1.807) is 4.90 Å². The second kappa shape index (κ2) is 8.97. The number of ether oxygens (including phenoxy) is 1. The van der Waals surface area contributed by atoms with Gasteiger partial charge in [0.15, 0.2) is 0 Å². The van der Waals surface area contributed by atoms with Gasteiger partial charge in [0.25, 0.3) is 0 Å². The number of piperidine rings is 2. The molecular weight excluding hydrogens is 485 g/mol. The Morgan fingerprint density at radius 3 is 1.31 bits per heavy atom. The maximum absolute atomic E-state index is 12.9. The van der Waals surface area contributed by atoms with Crippen LogP contribution in [0.3, 0.4) is 0 Å². The Hall–Kier alpha value is -1.75. The fourth-order valence-corrected chi connectivity index (χ4v) is 5.65. The molecular formula is C23H33F7N2O3. The van der Waals surface area contributed by atoms with Gasteiger partial charge in [0, 0.05) is 51.9 Å². The molecule has 2 aliphatic heterocycles. The quantitative estimate of drug-likeness (QED) is 0.369. The van der Waals surface area contributed by atoms with Crippen LogP contribution in [0, 0.1) is 10.8 Å². The first-order chi connectivity index (χ1) is 15.7. The SMILES string of the molecule is CC(C)(C)OC(=O)N1CCC2(CC1)CC(F)(F)C2.O=C(N1CCC2(CC1)CC(F)(F)C2)C(F)(F)F. The third kappa shape index (κ3) is 6.93. The summed E-state index contributed by atoms with van der Waals surface area (Å²) in [6.07, 6.45) is -3.91. The Kier molecular flexibility index (Phi) is 7.13. The van der Waals surface area contributed by atoms with Crippen molar-refractivity contribution in [3.05, 3.63) is 0 Å². The van der Waals surface area contributed by atoms with Crippen LogP contribution in [0.1, 0.15) is 72.1 Å². The monoisotopic (exact) mass is 518 g/mol. The molecule has 5 nitrogen and oxygen atoms in total. The summed E-state index contributed by atoms with van der Waals surface area (Å²) in [5.41, 5.74) is -1.26. The maximum Gasteiger partial charge on any atom is 0.471 e. The summed E-state index contributed by atoms with van der Waals surface area (Å²) >= 11 is 0. The normalized spacial score (nSPS) is 26.2. The highest BCUT2D eigenvalue weighted by atomic mass is 19.4. The van der Waals surface area contributed by atoms with E-state index >= 15 is 0 Å². The van der Waals surface area contributed by atoms with Gasteiger partial charge in [-0.1, -0.05) is 0 Å². The summed E-state index contributed by atoms with van der Waals surface area (Å²) in [6.45, 7) is 6.38. The van der Waals surface area contributed by atoms with E-state index < -0.39 is 34.9 Å². The van der Waals surface area contributed by atoms with E-state index in [-0.39, 0.29) is 63.1 Å². The number of rotatable bonds is 0. The van der Waals surface area contributed by atoms with E-state index in [1.807, 2.05) is 20.8 Å².